The van der Waals surface area contributed by atoms with E-state index in [4.69, 9.17) is 9.26 Å². The van der Waals surface area contributed by atoms with Crippen LogP contribution >= 0.6 is 9.47 Å². The van der Waals surface area contributed by atoms with Crippen molar-refractivity contribution in [3.8, 4) is 0 Å². The molecule has 0 aliphatic carbocycles. The lowest BCUT2D eigenvalue weighted by Gasteiger charge is -2.19. The Labute approximate surface area is 88.9 Å². The maximum atomic E-state index is 13.5. The third-order valence-corrected chi connectivity index (χ3v) is 3.11. The van der Waals surface area contributed by atoms with E-state index in [9.17, 15) is 8.78 Å². The maximum Gasteiger partial charge on any atom is 0.145 e. The van der Waals surface area contributed by atoms with Gasteiger partial charge in [0.25, 0.3) is 0 Å². The molecule has 0 amide bonds. The summed E-state index contributed by atoms with van der Waals surface area (Å²) in [5.74, 6) is -0.944. The number of benzene rings is 1. The lowest BCUT2D eigenvalue weighted by Crippen LogP contribution is -2.26. The molecule has 3 atom stereocenters. The Balaban J connectivity index is 2.41. The molecule has 15 heavy (non-hydrogen) atoms. The Morgan fingerprint density at radius 3 is 2.73 bits per heavy atom. The molecule has 1 aromatic rings. The van der Waals surface area contributed by atoms with Crippen LogP contribution in [-0.2, 0) is 14.9 Å². The Morgan fingerprint density at radius 2 is 2.20 bits per heavy atom. The van der Waals surface area contributed by atoms with Gasteiger partial charge in [0.15, 0.2) is 0 Å². The Kier molecular flexibility index (Phi) is 2.75. The van der Waals surface area contributed by atoms with E-state index >= 15 is 0 Å². The van der Waals surface area contributed by atoms with E-state index in [1.54, 1.807) is 6.92 Å². The molecule has 0 radical (unpaired) electrons. The van der Waals surface area contributed by atoms with Crippen LogP contribution in [0.25, 0.3) is 0 Å². The molecule has 82 valence electrons. The summed E-state index contributed by atoms with van der Waals surface area (Å²) >= 11 is 0. The average molecular weight is 232 g/mol. The number of ether oxygens (including phenoxy) is 1. The molecule has 1 heterocycles. The van der Waals surface area contributed by atoms with Crippen molar-refractivity contribution in [2.24, 2.45) is 0 Å². The fraction of sp³-hybridized carbons (Fsp3) is 0.400. The van der Waals surface area contributed by atoms with Crippen molar-refractivity contribution in [3.05, 3.63) is 35.4 Å². The molecule has 2 rings (SSSR count). The first kappa shape index (κ1) is 10.9. The molecule has 1 saturated heterocycles. The second kappa shape index (κ2) is 3.78. The van der Waals surface area contributed by atoms with Gasteiger partial charge < -0.3 is 9.26 Å². The first-order valence-corrected chi connectivity index (χ1v) is 5.02. The van der Waals surface area contributed by atoms with Crippen LogP contribution in [0.1, 0.15) is 12.5 Å². The van der Waals surface area contributed by atoms with Gasteiger partial charge in [-0.1, -0.05) is 0 Å². The lowest BCUT2D eigenvalue weighted by atomic mass is 9.94. The van der Waals surface area contributed by atoms with Crippen LogP contribution in [0.3, 0.4) is 0 Å². The van der Waals surface area contributed by atoms with Crippen LogP contribution in [0.4, 0.5) is 8.78 Å². The standard InChI is InChI=1S/C10H11F2O2P/c1-6(14-15)10(5-13-10)8-4-7(11)2-3-9(8)12/h2-4,6H,5,15H2,1H3. The third kappa shape index (κ3) is 1.78. The maximum absolute atomic E-state index is 13.5. The number of halogens is 2. The summed E-state index contributed by atoms with van der Waals surface area (Å²) in [6.45, 7) is 2.10. The Morgan fingerprint density at radius 1 is 1.53 bits per heavy atom. The van der Waals surface area contributed by atoms with Crippen molar-refractivity contribution >= 4 is 9.47 Å². The molecule has 1 aliphatic heterocycles. The fourth-order valence-electron chi connectivity index (χ4n) is 1.62. The highest BCUT2D eigenvalue weighted by Crippen LogP contribution is 2.45. The van der Waals surface area contributed by atoms with Crippen LogP contribution in [0.15, 0.2) is 18.2 Å². The molecule has 5 heteroatoms. The zero-order valence-electron chi connectivity index (χ0n) is 8.17. The molecule has 2 nitrogen and oxygen atoms in total. The molecule has 0 saturated carbocycles. The molecule has 0 N–H and O–H groups in total. The summed E-state index contributed by atoms with van der Waals surface area (Å²) in [6, 6.07) is 3.34. The SMILES string of the molecule is CC(OP)C1(c2cc(F)ccc2F)CO1. The Bertz CT molecular complexity index is 380. The van der Waals surface area contributed by atoms with Crippen LogP contribution in [0, 0.1) is 11.6 Å². The zero-order valence-corrected chi connectivity index (χ0v) is 9.32. The fourth-order valence-corrected chi connectivity index (χ4v) is 1.84. The van der Waals surface area contributed by atoms with E-state index in [2.05, 4.69) is 9.47 Å². The van der Waals surface area contributed by atoms with Gasteiger partial charge in [-0.15, -0.1) is 0 Å². The van der Waals surface area contributed by atoms with E-state index < -0.39 is 17.2 Å². The van der Waals surface area contributed by atoms with Gasteiger partial charge in [0.05, 0.1) is 12.7 Å². The van der Waals surface area contributed by atoms with Crippen molar-refractivity contribution < 1.29 is 18.0 Å². The zero-order chi connectivity index (χ0) is 11.1. The minimum Gasteiger partial charge on any atom is -0.362 e. The molecular formula is C10H11F2O2P. The molecular weight excluding hydrogens is 221 g/mol. The number of hydrogen-bond donors (Lipinski definition) is 0. The predicted molar refractivity (Wildman–Crippen MR) is 54.2 cm³/mol. The van der Waals surface area contributed by atoms with Crippen molar-refractivity contribution in [3.63, 3.8) is 0 Å². The van der Waals surface area contributed by atoms with E-state index in [-0.39, 0.29) is 11.7 Å². The van der Waals surface area contributed by atoms with Gasteiger partial charge >= 0.3 is 0 Å². The van der Waals surface area contributed by atoms with Crippen LogP contribution in [-0.4, -0.2) is 12.7 Å². The van der Waals surface area contributed by atoms with Crippen molar-refractivity contribution in [1.82, 2.24) is 0 Å². The second-order valence-electron chi connectivity index (χ2n) is 3.58. The van der Waals surface area contributed by atoms with Crippen molar-refractivity contribution in [2.75, 3.05) is 6.61 Å². The van der Waals surface area contributed by atoms with Gasteiger partial charge in [0.2, 0.25) is 0 Å². The number of epoxide rings is 1. The second-order valence-corrected chi connectivity index (χ2v) is 3.85. The van der Waals surface area contributed by atoms with E-state index in [0.717, 1.165) is 18.2 Å². The van der Waals surface area contributed by atoms with E-state index in [1.165, 1.54) is 0 Å². The average Bonchev–Trinajstić information content (AvgIpc) is 3.01. The monoisotopic (exact) mass is 232 g/mol. The summed E-state index contributed by atoms with van der Waals surface area (Å²) in [7, 11) is 2.10. The van der Waals surface area contributed by atoms with Gasteiger partial charge in [-0.2, -0.15) is 0 Å². The van der Waals surface area contributed by atoms with Crippen LogP contribution in [0.5, 0.6) is 0 Å². The number of rotatable bonds is 3. The van der Waals surface area contributed by atoms with Crippen LogP contribution in [0.2, 0.25) is 0 Å². The smallest absolute Gasteiger partial charge is 0.145 e. The van der Waals surface area contributed by atoms with Gasteiger partial charge in [-0.05, 0) is 25.1 Å². The summed E-state index contributed by atoms with van der Waals surface area (Å²) in [5, 5.41) is 0. The van der Waals surface area contributed by atoms with Crippen LogP contribution < -0.4 is 0 Å². The molecule has 0 bridgehead atoms. The first-order valence-electron chi connectivity index (χ1n) is 4.55. The van der Waals surface area contributed by atoms with Gasteiger partial charge in [-0.3, -0.25) is 0 Å². The van der Waals surface area contributed by atoms with Gasteiger partial charge in [0.1, 0.15) is 17.2 Å². The van der Waals surface area contributed by atoms with Crippen molar-refractivity contribution in [1.29, 1.82) is 0 Å². The molecule has 1 aromatic carbocycles. The highest BCUT2D eigenvalue weighted by molar-refractivity contribution is 7.09. The quantitative estimate of drug-likeness (QED) is 0.589. The molecule has 0 spiro atoms. The number of hydrogen-bond acceptors (Lipinski definition) is 2. The summed E-state index contributed by atoms with van der Waals surface area (Å²) in [6.07, 6.45) is -0.334. The summed E-state index contributed by atoms with van der Waals surface area (Å²) < 4.78 is 36.8. The van der Waals surface area contributed by atoms with Gasteiger partial charge in [-0.25, -0.2) is 8.78 Å². The molecule has 1 fully saturated rings. The normalized spacial score (nSPS) is 26.4. The third-order valence-electron chi connectivity index (χ3n) is 2.70. The van der Waals surface area contributed by atoms with E-state index in [1.807, 2.05) is 0 Å². The van der Waals surface area contributed by atoms with Gasteiger partial charge in [0, 0.05) is 15.0 Å². The first-order chi connectivity index (χ1) is 7.10. The topological polar surface area (TPSA) is 21.8 Å². The van der Waals surface area contributed by atoms with Crippen molar-refractivity contribution in [2.45, 2.75) is 18.6 Å². The highest BCUT2D eigenvalue weighted by atomic mass is 31.0. The minimum atomic E-state index is -0.825. The largest absolute Gasteiger partial charge is 0.362 e. The molecule has 1 aliphatic rings. The predicted octanol–water partition coefficient (Wildman–Crippen LogP) is 2.39. The lowest BCUT2D eigenvalue weighted by molar-refractivity contribution is 0.126. The molecule has 3 unspecified atom stereocenters. The van der Waals surface area contributed by atoms with E-state index in [0.29, 0.717) is 6.61 Å². The summed E-state index contributed by atoms with van der Waals surface area (Å²) in [4.78, 5) is 0. The molecule has 0 aromatic heterocycles. The highest BCUT2D eigenvalue weighted by Gasteiger charge is 2.53. The summed E-state index contributed by atoms with van der Waals surface area (Å²) in [5.41, 5.74) is -0.606. The Hall–Kier alpha value is -0.570. The minimum absolute atomic E-state index is 0.220.